The molecule has 0 fully saturated rings. The van der Waals surface area contributed by atoms with Crippen molar-refractivity contribution >= 4 is 23.4 Å². The maximum atomic E-state index is 13.7. The van der Waals surface area contributed by atoms with Crippen LogP contribution in [0, 0.1) is 5.82 Å². The molecule has 2 N–H and O–H groups in total. The highest BCUT2D eigenvalue weighted by Gasteiger charge is 2.19. The molecule has 2 rings (SSSR count). The van der Waals surface area contributed by atoms with Gasteiger partial charge in [0, 0.05) is 13.2 Å². The number of urea groups is 1. The summed E-state index contributed by atoms with van der Waals surface area (Å²) >= 11 is 0. The van der Waals surface area contributed by atoms with Crippen LogP contribution in [0.25, 0.3) is 0 Å². The van der Waals surface area contributed by atoms with Crippen LogP contribution < -0.4 is 10.2 Å². The number of carbonyl (C=O) groups is 2. The van der Waals surface area contributed by atoms with Crippen LogP contribution in [-0.2, 0) is 0 Å². The Labute approximate surface area is 119 Å². The molecule has 0 aliphatic rings. The van der Waals surface area contributed by atoms with E-state index in [2.05, 4.69) is 10.3 Å². The van der Waals surface area contributed by atoms with Crippen molar-refractivity contribution in [3.8, 4) is 0 Å². The molecule has 21 heavy (non-hydrogen) atoms. The van der Waals surface area contributed by atoms with E-state index in [-0.39, 0.29) is 11.3 Å². The molecule has 0 spiro atoms. The van der Waals surface area contributed by atoms with Crippen molar-refractivity contribution < 1.29 is 19.1 Å². The third-order valence-corrected chi connectivity index (χ3v) is 2.81. The fourth-order valence-corrected chi connectivity index (χ4v) is 1.69. The smallest absolute Gasteiger partial charge is 0.337 e. The predicted octanol–water partition coefficient (Wildman–Crippen LogP) is 2.59. The van der Waals surface area contributed by atoms with Gasteiger partial charge in [-0.3, -0.25) is 9.88 Å². The largest absolute Gasteiger partial charge is 0.478 e. The number of nitrogens with one attached hydrogen (secondary N) is 1. The number of hydrogen-bond acceptors (Lipinski definition) is 3. The molecule has 2 amide bonds. The molecule has 1 aromatic heterocycles. The Kier molecular flexibility index (Phi) is 4.13. The molecule has 2 aromatic rings. The Bertz CT molecular complexity index is 676. The molecule has 0 saturated carbocycles. The molecule has 0 bridgehead atoms. The number of benzene rings is 1. The van der Waals surface area contributed by atoms with Gasteiger partial charge in [-0.2, -0.15) is 0 Å². The van der Waals surface area contributed by atoms with E-state index in [1.165, 1.54) is 30.3 Å². The lowest BCUT2D eigenvalue weighted by Crippen LogP contribution is -2.32. The van der Waals surface area contributed by atoms with Gasteiger partial charge in [-0.25, -0.2) is 14.0 Å². The van der Waals surface area contributed by atoms with Crippen LogP contribution >= 0.6 is 0 Å². The molecule has 0 unspecified atom stereocenters. The molecule has 0 radical (unpaired) electrons. The first kappa shape index (κ1) is 14.4. The second kappa shape index (κ2) is 6.00. The highest BCUT2D eigenvalue weighted by molar-refractivity contribution is 6.05. The van der Waals surface area contributed by atoms with Gasteiger partial charge in [-0.1, -0.05) is 6.07 Å². The minimum absolute atomic E-state index is 0.317. The van der Waals surface area contributed by atoms with Gasteiger partial charge >= 0.3 is 12.0 Å². The van der Waals surface area contributed by atoms with Gasteiger partial charge in [0.1, 0.15) is 5.82 Å². The van der Waals surface area contributed by atoms with Crippen LogP contribution in [0.15, 0.2) is 42.7 Å². The monoisotopic (exact) mass is 289 g/mol. The SMILES string of the molecule is CN(C(=O)Nc1c(F)cccc1C(=O)O)c1cccnc1. The number of halogens is 1. The topological polar surface area (TPSA) is 82.5 Å². The summed E-state index contributed by atoms with van der Waals surface area (Å²) in [5.41, 5.74) is -0.197. The number of carbonyl (C=O) groups excluding carboxylic acids is 1. The summed E-state index contributed by atoms with van der Waals surface area (Å²) in [5.74, 6) is -2.14. The van der Waals surface area contributed by atoms with E-state index in [1.807, 2.05) is 0 Å². The second-order valence-electron chi connectivity index (χ2n) is 4.17. The van der Waals surface area contributed by atoms with Crippen LogP contribution in [0.2, 0.25) is 0 Å². The Morgan fingerprint density at radius 1 is 1.29 bits per heavy atom. The fourth-order valence-electron chi connectivity index (χ4n) is 1.69. The first-order valence-electron chi connectivity index (χ1n) is 5.97. The molecule has 1 aromatic carbocycles. The lowest BCUT2D eigenvalue weighted by atomic mass is 10.1. The molecule has 7 heteroatoms. The van der Waals surface area contributed by atoms with Gasteiger partial charge < -0.3 is 10.4 Å². The van der Waals surface area contributed by atoms with E-state index in [0.29, 0.717) is 5.69 Å². The van der Waals surface area contributed by atoms with E-state index in [9.17, 15) is 14.0 Å². The number of hydrogen-bond donors (Lipinski definition) is 2. The number of anilines is 2. The fraction of sp³-hybridized carbons (Fsp3) is 0.0714. The highest BCUT2D eigenvalue weighted by atomic mass is 19.1. The van der Waals surface area contributed by atoms with Crippen molar-refractivity contribution in [2.24, 2.45) is 0 Å². The Hall–Kier alpha value is -2.96. The Morgan fingerprint density at radius 3 is 2.67 bits per heavy atom. The third-order valence-electron chi connectivity index (χ3n) is 2.81. The van der Waals surface area contributed by atoms with E-state index in [1.54, 1.807) is 18.3 Å². The zero-order chi connectivity index (χ0) is 15.4. The van der Waals surface area contributed by atoms with Crippen molar-refractivity contribution in [3.05, 3.63) is 54.1 Å². The van der Waals surface area contributed by atoms with E-state index >= 15 is 0 Å². The van der Waals surface area contributed by atoms with Gasteiger partial charge in [0.15, 0.2) is 0 Å². The van der Waals surface area contributed by atoms with Crippen molar-refractivity contribution in [2.45, 2.75) is 0 Å². The second-order valence-corrected chi connectivity index (χ2v) is 4.17. The predicted molar refractivity (Wildman–Crippen MR) is 75.0 cm³/mol. The first-order valence-corrected chi connectivity index (χ1v) is 5.97. The molecular formula is C14H12FN3O3. The number of rotatable bonds is 3. The summed E-state index contributed by atoms with van der Waals surface area (Å²) in [4.78, 5) is 28.2. The Balaban J connectivity index is 2.26. The summed E-state index contributed by atoms with van der Waals surface area (Å²) < 4.78 is 13.7. The molecule has 0 saturated heterocycles. The van der Waals surface area contributed by atoms with Crippen molar-refractivity contribution in [3.63, 3.8) is 0 Å². The number of amides is 2. The summed E-state index contributed by atoms with van der Waals surface area (Å²) in [6.07, 6.45) is 3.01. The molecule has 1 heterocycles. The summed E-state index contributed by atoms with van der Waals surface area (Å²) in [6.45, 7) is 0. The molecular weight excluding hydrogens is 277 g/mol. The van der Waals surface area contributed by atoms with E-state index < -0.39 is 17.8 Å². The van der Waals surface area contributed by atoms with Crippen LogP contribution in [0.1, 0.15) is 10.4 Å². The average molecular weight is 289 g/mol. The van der Waals surface area contributed by atoms with E-state index in [4.69, 9.17) is 5.11 Å². The normalized spacial score (nSPS) is 10.0. The minimum atomic E-state index is -1.33. The zero-order valence-corrected chi connectivity index (χ0v) is 11.1. The highest BCUT2D eigenvalue weighted by Crippen LogP contribution is 2.21. The maximum absolute atomic E-state index is 13.7. The number of pyridine rings is 1. The lowest BCUT2D eigenvalue weighted by Gasteiger charge is -2.18. The van der Waals surface area contributed by atoms with E-state index in [0.717, 1.165) is 6.07 Å². The zero-order valence-electron chi connectivity index (χ0n) is 11.1. The summed E-state index contributed by atoms with van der Waals surface area (Å²) in [6, 6.07) is 6.17. The molecule has 0 aliphatic carbocycles. The number of carboxylic acids is 1. The van der Waals surface area contributed by atoms with Crippen LogP contribution in [0.5, 0.6) is 0 Å². The average Bonchev–Trinajstić information content (AvgIpc) is 2.49. The number of aromatic nitrogens is 1. The van der Waals surface area contributed by atoms with Crippen LogP contribution in [0.4, 0.5) is 20.6 Å². The molecule has 0 aliphatic heterocycles. The number of para-hydroxylation sites is 1. The summed E-state index contributed by atoms with van der Waals surface area (Å²) in [5, 5.41) is 11.3. The maximum Gasteiger partial charge on any atom is 0.337 e. The quantitative estimate of drug-likeness (QED) is 0.909. The van der Waals surface area contributed by atoms with Crippen molar-refractivity contribution in [2.75, 3.05) is 17.3 Å². The molecule has 6 nitrogen and oxygen atoms in total. The third kappa shape index (κ3) is 3.14. The minimum Gasteiger partial charge on any atom is -0.478 e. The van der Waals surface area contributed by atoms with Gasteiger partial charge in [0.05, 0.1) is 23.1 Å². The number of nitrogens with zero attached hydrogens (tertiary/aromatic N) is 2. The van der Waals surface area contributed by atoms with Gasteiger partial charge in [0.2, 0.25) is 0 Å². The first-order chi connectivity index (χ1) is 10.0. The van der Waals surface area contributed by atoms with Crippen molar-refractivity contribution in [1.29, 1.82) is 0 Å². The summed E-state index contributed by atoms with van der Waals surface area (Å²) in [7, 11) is 1.47. The molecule has 108 valence electrons. The van der Waals surface area contributed by atoms with Gasteiger partial charge in [0.25, 0.3) is 0 Å². The number of aromatic carboxylic acids is 1. The lowest BCUT2D eigenvalue weighted by molar-refractivity contribution is 0.0697. The standard InChI is InChI=1S/C14H12FN3O3/c1-18(9-4-3-7-16-8-9)14(21)17-12-10(13(19)20)5-2-6-11(12)15/h2-8H,1H3,(H,17,21)(H,19,20). The van der Waals surface area contributed by atoms with Gasteiger partial charge in [-0.15, -0.1) is 0 Å². The molecule has 0 atom stereocenters. The van der Waals surface area contributed by atoms with Crippen LogP contribution in [-0.4, -0.2) is 29.1 Å². The Morgan fingerprint density at radius 2 is 2.05 bits per heavy atom. The van der Waals surface area contributed by atoms with Crippen LogP contribution in [0.3, 0.4) is 0 Å². The van der Waals surface area contributed by atoms with Gasteiger partial charge in [-0.05, 0) is 24.3 Å². The number of carboxylic acid groups (broad SMARTS) is 1. The van der Waals surface area contributed by atoms with Crippen molar-refractivity contribution in [1.82, 2.24) is 4.98 Å².